The maximum absolute atomic E-state index is 12.0. The predicted molar refractivity (Wildman–Crippen MR) is 72.8 cm³/mol. The van der Waals surface area contributed by atoms with E-state index in [1.807, 2.05) is 0 Å². The molecule has 0 fully saturated rings. The van der Waals surface area contributed by atoms with Gasteiger partial charge in [-0.05, 0) is 46.3 Å². The number of rotatable bonds is 3. The van der Waals surface area contributed by atoms with E-state index < -0.39 is 6.36 Å². The minimum absolute atomic E-state index is 0.285. The summed E-state index contributed by atoms with van der Waals surface area (Å²) in [5.41, 5.74) is 6.62. The highest BCUT2D eigenvalue weighted by Crippen LogP contribution is 2.27. The third-order valence-corrected chi connectivity index (χ3v) is 2.82. The number of pyridine rings is 1. The Labute approximate surface area is 120 Å². The van der Waals surface area contributed by atoms with Crippen molar-refractivity contribution in [3.63, 3.8) is 0 Å². The van der Waals surface area contributed by atoms with Crippen molar-refractivity contribution in [1.82, 2.24) is 4.98 Å². The van der Waals surface area contributed by atoms with Gasteiger partial charge in [0.2, 0.25) is 0 Å². The molecule has 0 aliphatic heterocycles. The zero-order valence-electron chi connectivity index (χ0n) is 9.91. The molecule has 0 unspecified atom stereocenters. The molecule has 20 heavy (non-hydrogen) atoms. The Balaban J connectivity index is 2.11. The average Bonchev–Trinajstić information content (AvgIpc) is 2.33. The number of ether oxygens (including phenoxy) is 1. The number of aromatic nitrogens is 1. The van der Waals surface area contributed by atoms with E-state index in [1.54, 1.807) is 6.07 Å². The number of anilines is 3. The molecule has 0 atom stereocenters. The molecule has 4 nitrogen and oxygen atoms in total. The molecule has 1 aromatic heterocycles. The summed E-state index contributed by atoms with van der Waals surface area (Å²) in [6.45, 7) is 0. The standard InChI is InChI=1S/C12H9BrF3N3O/c13-10-5-7(17)6-18-11(10)19-8-1-3-9(4-2-8)20-12(14,15)16/h1-6H,17H2,(H,18,19). The largest absolute Gasteiger partial charge is 0.573 e. The van der Waals surface area contributed by atoms with E-state index in [4.69, 9.17) is 5.73 Å². The average molecular weight is 348 g/mol. The van der Waals surface area contributed by atoms with Gasteiger partial charge >= 0.3 is 6.36 Å². The molecule has 1 heterocycles. The van der Waals surface area contributed by atoms with Crippen LogP contribution in [0.5, 0.6) is 5.75 Å². The number of halogens is 4. The molecular weight excluding hydrogens is 339 g/mol. The fourth-order valence-electron chi connectivity index (χ4n) is 1.42. The number of hydrogen-bond acceptors (Lipinski definition) is 4. The molecule has 2 rings (SSSR count). The van der Waals surface area contributed by atoms with Gasteiger partial charge in [0.1, 0.15) is 11.6 Å². The van der Waals surface area contributed by atoms with Crippen LogP contribution in [0.25, 0.3) is 0 Å². The molecule has 0 amide bonds. The minimum atomic E-state index is -4.70. The van der Waals surface area contributed by atoms with E-state index in [2.05, 4.69) is 31.0 Å². The monoisotopic (exact) mass is 347 g/mol. The SMILES string of the molecule is Nc1cnc(Nc2ccc(OC(F)(F)F)cc2)c(Br)c1. The van der Waals surface area contributed by atoms with Crippen molar-refractivity contribution in [2.24, 2.45) is 0 Å². The zero-order chi connectivity index (χ0) is 14.8. The third-order valence-electron chi connectivity index (χ3n) is 2.21. The molecule has 0 saturated heterocycles. The van der Waals surface area contributed by atoms with Gasteiger partial charge in [0.15, 0.2) is 0 Å². The highest BCUT2D eigenvalue weighted by molar-refractivity contribution is 9.10. The van der Waals surface area contributed by atoms with Gasteiger partial charge in [-0.2, -0.15) is 0 Å². The summed E-state index contributed by atoms with van der Waals surface area (Å²) < 4.78 is 40.5. The molecule has 0 aliphatic carbocycles. The normalized spacial score (nSPS) is 11.2. The van der Waals surface area contributed by atoms with E-state index >= 15 is 0 Å². The summed E-state index contributed by atoms with van der Waals surface area (Å²) in [5, 5.41) is 2.94. The van der Waals surface area contributed by atoms with Crippen molar-refractivity contribution in [3.05, 3.63) is 41.0 Å². The van der Waals surface area contributed by atoms with E-state index in [1.165, 1.54) is 30.5 Å². The molecule has 0 saturated carbocycles. The fourth-order valence-corrected chi connectivity index (χ4v) is 1.89. The Morgan fingerprint density at radius 2 is 1.85 bits per heavy atom. The Kier molecular flexibility index (Phi) is 4.03. The van der Waals surface area contributed by atoms with Crippen LogP contribution in [0.3, 0.4) is 0 Å². The Bertz CT molecular complexity index is 602. The first kappa shape index (κ1) is 14.4. The van der Waals surface area contributed by atoms with Crippen LogP contribution in [0.4, 0.5) is 30.4 Å². The maximum atomic E-state index is 12.0. The van der Waals surface area contributed by atoms with Crippen molar-refractivity contribution >= 4 is 33.1 Å². The highest BCUT2D eigenvalue weighted by Gasteiger charge is 2.30. The smallest absolute Gasteiger partial charge is 0.406 e. The Morgan fingerprint density at radius 3 is 2.40 bits per heavy atom. The van der Waals surface area contributed by atoms with Crippen LogP contribution in [0, 0.1) is 0 Å². The molecule has 1 aromatic carbocycles. The molecule has 0 spiro atoms. The van der Waals surface area contributed by atoms with Gasteiger partial charge in [0.05, 0.1) is 16.4 Å². The first-order valence-corrected chi connectivity index (χ1v) is 6.17. The number of nitrogens with one attached hydrogen (secondary N) is 1. The van der Waals surface area contributed by atoms with Crippen LogP contribution < -0.4 is 15.8 Å². The highest BCUT2D eigenvalue weighted by atomic mass is 79.9. The van der Waals surface area contributed by atoms with Gasteiger partial charge in [-0.1, -0.05) is 0 Å². The second-order valence-electron chi connectivity index (χ2n) is 3.80. The first-order chi connectivity index (χ1) is 9.33. The molecule has 0 aliphatic rings. The summed E-state index contributed by atoms with van der Waals surface area (Å²) in [6.07, 6.45) is -3.23. The third kappa shape index (κ3) is 4.02. The van der Waals surface area contributed by atoms with Crippen LogP contribution in [-0.2, 0) is 0 Å². The molecule has 2 aromatic rings. The van der Waals surface area contributed by atoms with Gasteiger partial charge in [0, 0.05) is 5.69 Å². The molecule has 8 heteroatoms. The van der Waals surface area contributed by atoms with Gasteiger partial charge in [-0.3, -0.25) is 0 Å². The molecule has 106 valence electrons. The van der Waals surface area contributed by atoms with E-state index in [-0.39, 0.29) is 5.75 Å². The van der Waals surface area contributed by atoms with Crippen molar-refractivity contribution in [1.29, 1.82) is 0 Å². The second kappa shape index (κ2) is 5.58. The zero-order valence-corrected chi connectivity index (χ0v) is 11.5. The summed E-state index contributed by atoms with van der Waals surface area (Å²) >= 11 is 3.28. The quantitative estimate of drug-likeness (QED) is 0.878. The Hall–Kier alpha value is -1.96. The lowest BCUT2D eigenvalue weighted by Crippen LogP contribution is -2.16. The van der Waals surface area contributed by atoms with Gasteiger partial charge in [-0.25, -0.2) is 4.98 Å². The lowest BCUT2D eigenvalue weighted by Gasteiger charge is -2.11. The summed E-state index contributed by atoms with van der Waals surface area (Å²) in [7, 11) is 0. The number of benzene rings is 1. The molecular formula is C12H9BrF3N3O. The minimum Gasteiger partial charge on any atom is -0.406 e. The lowest BCUT2D eigenvalue weighted by molar-refractivity contribution is -0.274. The van der Waals surface area contributed by atoms with Crippen LogP contribution in [-0.4, -0.2) is 11.3 Å². The van der Waals surface area contributed by atoms with Crippen molar-refractivity contribution in [2.45, 2.75) is 6.36 Å². The lowest BCUT2D eigenvalue weighted by atomic mass is 10.3. The topological polar surface area (TPSA) is 60.2 Å². The van der Waals surface area contributed by atoms with E-state index in [9.17, 15) is 13.2 Å². The van der Waals surface area contributed by atoms with E-state index in [0.717, 1.165) is 0 Å². The predicted octanol–water partition coefficient (Wildman–Crippen LogP) is 4.07. The molecule has 0 radical (unpaired) electrons. The summed E-state index contributed by atoms with van der Waals surface area (Å²) in [4.78, 5) is 4.06. The number of nitrogen functional groups attached to an aromatic ring is 1. The number of nitrogens with zero attached hydrogens (tertiary/aromatic N) is 1. The van der Waals surface area contributed by atoms with Crippen molar-refractivity contribution in [2.75, 3.05) is 11.1 Å². The van der Waals surface area contributed by atoms with Crippen LogP contribution in [0.2, 0.25) is 0 Å². The van der Waals surface area contributed by atoms with Gasteiger partial charge < -0.3 is 15.8 Å². The fraction of sp³-hybridized carbons (Fsp3) is 0.0833. The van der Waals surface area contributed by atoms with Crippen LogP contribution in [0.15, 0.2) is 41.0 Å². The van der Waals surface area contributed by atoms with Gasteiger partial charge in [-0.15, -0.1) is 13.2 Å². The second-order valence-corrected chi connectivity index (χ2v) is 4.65. The number of nitrogens with two attached hydrogens (primary N) is 1. The van der Waals surface area contributed by atoms with Crippen molar-refractivity contribution < 1.29 is 17.9 Å². The molecule has 0 bridgehead atoms. The van der Waals surface area contributed by atoms with Crippen LogP contribution >= 0.6 is 15.9 Å². The molecule has 3 N–H and O–H groups in total. The Morgan fingerprint density at radius 1 is 1.20 bits per heavy atom. The first-order valence-electron chi connectivity index (χ1n) is 5.37. The van der Waals surface area contributed by atoms with Crippen LogP contribution in [0.1, 0.15) is 0 Å². The summed E-state index contributed by atoms with van der Waals surface area (Å²) in [6, 6.07) is 6.98. The van der Waals surface area contributed by atoms with Crippen molar-refractivity contribution in [3.8, 4) is 5.75 Å². The number of hydrogen-bond donors (Lipinski definition) is 2. The maximum Gasteiger partial charge on any atom is 0.573 e. The summed E-state index contributed by atoms with van der Waals surface area (Å²) in [5.74, 6) is 0.219. The number of alkyl halides is 3. The van der Waals surface area contributed by atoms with Gasteiger partial charge in [0.25, 0.3) is 0 Å². The van der Waals surface area contributed by atoms with E-state index in [0.29, 0.717) is 21.7 Å².